The highest BCUT2D eigenvalue weighted by molar-refractivity contribution is 7.80. The average Bonchev–Trinajstić information content (AvgIpc) is 2.29. The Morgan fingerprint density at radius 1 is 1.39 bits per heavy atom. The highest BCUT2D eigenvalue weighted by atomic mass is 32.1. The van der Waals surface area contributed by atoms with Crippen LogP contribution in [-0.4, -0.2) is 23.2 Å². The average molecular weight is 278 g/mol. The first-order valence-electron chi connectivity index (χ1n) is 5.34. The van der Waals surface area contributed by atoms with Gasteiger partial charge < -0.3 is 5.32 Å². The standard InChI is InChI=1S/C11H13F3N2OS/c12-11(13,14)9-3-1-2-8(16-9)4-6-15-10(17)5-7-18/h1-3,18H,4-7H2,(H,15,17). The van der Waals surface area contributed by atoms with Gasteiger partial charge in [-0.15, -0.1) is 0 Å². The number of aromatic nitrogens is 1. The van der Waals surface area contributed by atoms with Crippen molar-refractivity contribution >= 4 is 18.5 Å². The second-order valence-corrected chi connectivity index (χ2v) is 4.03. The molecule has 0 aromatic carbocycles. The summed E-state index contributed by atoms with van der Waals surface area (Å²) in [6, 6.07) is 3.73. The number of hydrogen-bond donors (Lipinski definition) is 2. The van der Waals surface area contributed by atoms with Gasteiger partial charge in [0.2, 0.25) is 5.91 Å². The molecule has 1 amide bonds. The molecule has 0 atom stereocenters. The van der Waals surface area contributed by atoms with E-state index in [0.29, 0.717) is 17.9 Å². The molecule has 100 valence electrons. The van der Waals surface area contributed by atoms with Crippen LogP contribution < -0.4 is 5.32 Å². The summed E-state index contributed by atoms with van der Waals surface area (Å²) in [5.41, 5.74) is -0.613. The van der Waals surface area contributed by atoms with Gasteiger partial charge in [0.25, 0.3) is 0 Å². The summed E-state index contributed by atoms with van der Waals surface area (Å²) in [6.07, 6.45) is -3.88. The Labute approximate surface area is 108 Å². The van der Waals surface area contributed by atoms with Crippen LogP contribution in [0.1, 0.15) is 17.8 Å². The molecule has 18 heavy (non-hydrogen) atoms. The van der Waals surface area contributed by atoms with Crippen LogP contribution in [-0.2, 0) is 17.4 Å². The summed E-state index contributed by atoms with van der Waals surface area (Å²) in [4.78, 5) is 14.6. The number of nitrogens with zero attached hydrogens (tertiary/aromatic N) is 1. The van der Waals surface area contributed by atoms with Gasteiger partial charge in [-0.25, -0.2) is 4.98 Å². The van der Waals surface area contributed by atoms with Crippen LogP contribution in [0.25, 0.3) is 0 Å². The molecular weight excluding hydrogens is 265 g/mol. The lowest BCUT2D eigenvalue weighted by Gasteiger charge is -2.08. The van der Waals surface area contributed by atoms with Gasteiger partial charge in [0.15, 0.2) is 0 Å². The van der Waals surface area contributed by atoms with Gasteiger partial charge in [0, 0.05) is 25.1 Å². The van der Waals surface area contributed by atoms with Crippen LogP contribution in [0.2, 0.25) is 0 Å². The fourth-order valence-corrected chi connectivity index (χ4v) is 1.50. The molecule has 0 saturated carbocycles. The predicted molar refractivity (Wildman–Crippen MR) is 64.4 cm³/mol. The van der Waals surface area contributed by atoms with E-state index in [2.05, 4.69) is 22.9 Å². The maximum atomic E-state index is 12.4. The van der Waals surface area contributed by atoms with Crippen molar-refractivity contribution in [2.45, 2.75) is 19.0 Å². The Morgan fingerprint density at radius 2 is 2.11 bits per heavy atom. The number of carbonyl (C=O) groups is 1. The number of amides is 1. The largest absolute Gasteiger partial charge is 0.433 e. The van der Waals surface area contributed by atoms with Crippen molar-refractivity contribution in [3.63, 3.8) is 0 Å². The maximum absolute atomic E-state index is 12.4. The van der Waals surface area contributed by atoms with Gasteiger partial charge in [-0.2, -0.15) is 25.8 Å². The third kappa shape index (κ3) is 4.95. The second kappa shape index (κ2) is 6.63. The van der Waals surface area contributed by atoms with Crippen LogP contribution in [0, 0.1) is 0 Å². The molecule has 0 radical (unpaired) electrons. The van der Waals surface area contributed by atoms with E-state index in [0.717, 1.165) is 6.07 Å². The minimum absolute atomic E-state index is 0.169. The van der Waals surface area contributed by atoms with Crippen LogP contribution in [0.4, 0.5) is 13.2 Å². The van der Waals surface area contributed by atoms with E-state index >= 15 is 0 Å². The van der Waals surface area contributed by atoms with Crippen molar-refractivity contribution in [3.8, 4) is 0 Å². The number of pyridine rings is 1. The number of halogens is 3. The number of carbonyl (C=O) groups excluding carboxylic acids is 1. The van der Waals surface area contributed by atoms with Crippen molar-refractivity contribution in [2.75, 3.05) is 12.3 Å². The molecule has 1 heterocycles. The van der Waals surface area contributed by atoms with Crippen molar-refractivity contribution in [1.29, 1.82) is 0 Å². The Hall–Kier alpha value is -1.24. The fourth-order valence-electron chi connectivity index (χ4n) is 1.30. The quantitative estimate of drug-likeness (QED) is 0.810. The summed E-state index contributed by atoms with van der Waals surface area (Å²) >= 11 is 3.90. The SMILES string of the molecule is O=C(CCS)NCCc1cccc(C(F)(F)F)n1. The number of nitrogens with one attached hydrogen (secondary N) is 1. The molecule has 1 N–H and O–H groups in total. The van der Waals surface area contributed by atoms with Gasteiger partial charge in [0.1, 0.15) is 5.69 Å². The molecule has 0 aliphatic rings. The molecule has 0 aliphatic carbocycles. The molecule has 0 spiro atoms. The highest BCUT2D eigenvalue weighted by Crippen LogP contribution is 2.27. The molecule has 1 aromatic heterocycles. The van der Waals surface area contributed by atoms with Crippen molar-refractivity contribution in [1.82, 2.24) is 10.3 Å². The minimum atomic E-state index is -4.44. The third-order valence-electron chi connectivity index (χ3n) is 2.14. The zero-order valence-corrected chi connectivity index (χ0v) is 10.4. The smallest absolute Gasteiger partial charge is 0.356 e. The lowest BCUT2D eigenvalue weighted by molar-refractivity contribution is -0.141. The van der Waals surface area contributed by atoms with Crippen molar-refractivity contribution in [3.05, 3.63) is 29.6 Å². The molecule has 3 nitrogen and oxygen atoms in total. The van der Waals surface area contributed by atoms with Crippen LogP contribution in [0.5, 0.6) is 0 Å². The Morgan fingerprint density at radius 3 is 2.72 bits per heavy atom. The van der Waals surface area contributed by atoms with E-state index in [1.54, 1.807) is 0 Å². The number of thiol groups is 1. The normalized spacial score (nSPS) is 11.3. The number of rotatable bonds is 5. The first kappa shape index (κ1) is 14.8. The molecule has 0 bridgehead atoms. The van der Waals surface area contributed by atoms with Gasteiger partial charge >= 0.3 is 6.18 Å². The molecular formula is C11H13F3N2OS. The second-order valence-electron chi connectivity index (χ2n) is 3.59. The van der Waals surface area contributed by atoms with Crippen LogP contribution in [0.3, 0.4) is 0 Å². The third-order valence-corrected chi connectivity index (χ3v) is 2.36. The first-order valence-corrected chi connectivity index (χ1v) is 5.97. The van der Waals surface area contributed by atoms with Gasteiger partial charge in [-0.3, -0.25) is 4.79 Å². The summed E-state index contributed by atoms with van der Waals surface area (Å²) in [5, 5.41) is 2.58. The molecule has 0 fully saturated rings. The predicted octanol–water partition coefficient (Wildman–Crippen LogP) is 2.08. The minimum Gasteiger partial charge on any atom is -0.356 e. The zero-order valence-electron chi connectivity index (χ0n) is 9.50. The van der Waals surface area contributed by atoms with E-state index in [4.69, 9.17) is 0 Å². The highest BCUT2D eigenvalue weighted by Gasteiger charge is 2.32. The van der Waals surface area contributed by atoms with Crippen LogP contribution in [0.15, 0.2) is 18.2 Å². The van der Waals surface area contributed by atoms with Gasteiger partial charge in [-0.1, -0.05) is 6.07 Å². The fraction of sp³-hybridized carbons (Fsp3) is 0.455. The van der Waals surface area contributed by atoms with E-state index in [1.165, 1.54) is 12.1 Å². The summed E-state index contributed by atoms with van der Waals surface area (Å²) < 4.78 is 37.1. The van der Waals surface area contributed by atoms with Crippen LogP contribution >= 0.6 is 12.6 Å². The van der Waals surface area contributed by atoms with Gasteiger partial charge in [-0.05, 0) is 17.9 Å². The Kier molecular flexibility index (Phi) is 5.46. The molecule has 0 aliphatic heterocycles. The number of alkyl halides is 3. The lowest BCUT2D eigenvalue weighted by atomic mass is 10.2. The zero-order chi connectivity index (χ0) is 13.6. The number of hydrogen-bond acceptors (Lipinski definition) is 3. The monoisotopic (exact) mass is 278 g/mol. The van der Waals surface area contributed by atoms with E-state index in [-0.39, 0.29) is 18.9 Å². The maximum Gasteiger partial charge on any atom is 0.433 e. The van der Waals surface area contributed by atoms with E-state index in [9.17, 15) is 18.0 Å². The molecule has 1 rings (SSSR count). The summed E-state index contributed by atoms with van der Waals surface area (Å²) in [6.45, 7) is 0.265. The van der Waals surface area contributed by atoms with E-state index < -0.39 is 11.9 Å². The molecule has 0 unspecified atom stereocenters. The van der Waals surface area contributed by atoms with Crippen molar-refractivity contribution in [2.24, 2.45) is 0 Å². The Bertz CT molecular complexity index is 410. The lowest BCUT2D eigenvalue weighted by Crippen LogP contribution is -2.26. The van der Waals surface area contributed by atoms with Crippen molar-refractivity contribution < 1.29 is 18.0 Å². The van der Waals surface area contributed by atoms with E-state index in [1.807, 2.05) is 0 Å². The molecule has 1 aromatic rings. The molecule has 7 heteroatoms. The summed E-state index contributed by atoms with van der Waals surface area (Å²) in [5.74, 6) is 0.269. The first-order chi connectivity index (χ1) is 8.43. The topological polar surface area (TPSA) is 42.0 Å². The van der Waals surface area contributed by atoms with Gasteiger partial charge in [0.05, 0.1) is 0 Å². The molecule has 0 saturated heterocycles. The summed E-state index contributed by atoms with van der Waals surface area (Å²) in [7, 11) is 0. The Balaban J connectivity index is 2.51.